The summed E-state index contributed by atoms with van der Waals surface area (Å²) < 4.78 is 1.37. The maximum absolute atomic E-state index is 12.1. The third kappa shape index (κ3) is 5.92. The number of nitrogen functional groups attached to an aromatic ring is 1. The molecule has 0 saturated carbocycles. The molecule has 0 unspecified atom stereocenters. The van der Waals surface area contributed by atoms with E-state index in [1.165, 1.54) is 22.9 Å². The summed E-state index contributed by atoms with van der Waals surface area (Å²) in [4.78, 5) is 12.1. The minimum absolute atomic E-state index is 0.0330. The van der Waals surface area contributed by atoms with Crippen molar-refractivity contribution in [3.63, 3.8) is 0 Å². The smallest absolute Gasteiger partial charge is 0.230 e. The number of carbonyl (C=O) groups is 1. The van der Waals surface area contributed by atoms with Gasteiger partial charge in [0.25, 0.3) is 0 Å². The second-order valence-corrected chi connectivity index (χ2v) is 8.09. The molecular weight excluding hydrogens is 370 g/mol. The van der Waals surface area contributed by atoms with Gasteiger partial charge in [-0.05, 0) is 31.4 Å². The van der Waals surface area contributed by atoms with Crippen molar-refractivity contribution in [3.8, 4) is 11.4 Å². The molecule has 1 heterocycles. The van der Waals surface area contributed by atoms with Crippen LogP contribution >= 0.6 is 23.4 Å². The number of aromatic nitrogens is 3. The van der Waals surface area contributed by atoms with Gasteiger partial charge >= 0.3 is 0 Å². The highest BCUT2D eigenvalue weighted by Crippen LogP contribution is 2.27. The van der Waals surface area contributed by atoms with Gasteiger partial charge in [0.05, 0.1) is 10.8 Å². The van der Waals surface area contributed by atoms with Crippen LogP contribution in [-0.2, 0) is 4.79 Å². The average Bonchev–Trinajstić information content (AvgIpc) is 2.93. The van der Waals surface area contributed by atoms with Gasteiger partial charge < -0.3 is 11.2 Å². The molecule has 6 nitrogen and oxygen atoms in total. The molecule has 0 aliphatic rings. The second-order valence-electron chi connectivity index (χ2n) is 6.74. The third-order valence-corrected chi connectivity index (χ3v) is 5.21. The summed E-state index contributed by atoms with van der Waals surface area (Å²) >= 11 is 7.43. The van der Waals surface area contributed by atoms with Crippen LogP contribution in [0.3, 0.4) is 0 Å². The highest BCUT2D eigenvalue weighted by Gasteiger charge is 2.16. The van der Waals surface area contributed by atoms with Crippen LogP contribution in [-0.4, -0.2) is 32.6 Å². The van der Waals surface area contributed by atoms with E-state index in [1.807, 2.05) is 25.1 Å². The number of hydrogen-bond acceptors (Lipinski definition) is 5. The van der Waals surface area contributed by atoms with Crippen molar-refractivity contribution in [2.75, 3.05) is 11.6 Å². The molecule has 3 N–H and O–H groups in total. The topological polar surface area (TPSA) is 85.8 Å². The van der Waals surface area contributed by atoms with Gasteiger partial charge in [-0.1, -0.05) is 62.2 Å². The number of amides is 1. The van der Waals surface area contributed by atoms with Crippen LogP contribution in [0.25, 0.3) is 11.4 Å². The monoisotopic (exact) mass is 395 g/mol. The highest BCUT2D eigenvalue weighted by molar-refractivity contribution is 7.99. The molecule has 1 aromatic carbocycles. The predicted octanol–water partition coefficient (Wildman–Crippen LogP) is 3.74. The van der Waals surface area contributed by atoms with Crippen molar-refractivity contribution in [2.24, 2.45) is 5.92 Å². The van der Waals surface area contributed by atoms with Crippen molar-refractivity contribution in [1.82, 2.24) is 20.2 Å². The number of rotatable bonds is 9. The van der Waals surface area contributed by atoms with E-state index in [2.05, 4.69) is 29.4 Å². The molecule has 1 atom stereocenters. The molecule has 2 aromatic rings. The van der Waals surface area contributed by atoms with Crippen molar-refractivity contribution in [2.45, 2.75) is 51.2 Å². The molecule has 2 rings (SSSR count). The first kappa shape index (κ1) is 20.6. The molecule has 0 radical (unpaired) electrons. The van der Waals surface area contributed by atoms with Gasteiger partial charge in [0.2, 0.25) is 11.1 Å². The Balaban J connectivity index is 1.86. The first-order valence-electron chi connectivity index (χ1n) is 8.76. The summed E-state index contributed by atoms with van der Waals surface area (Å²) in [6.45, 7) is 6.45. The van der Waals surface area contributed by atoms with Gasteiger partial charge in [-0.2, -0.15) is 0 Å². The Morgan fingerprint density at radius 1 is 1.27 bits per heavy atom. The van der Waals surface area contributed by atoms with Gasteiger partial charge in [0.15, 0.2) is 5.82 Å². The summed E-state index contributed by atoms with van der Waals surface area (Å²) in [7, 11) is 0. The number of carbonyl (C=O) groups excluding carboxylic acids is 1. The number of nitrogens with one attached hydrogen (secondary N) is 1. The lowest BCUT2D eigenvalue weighted by molar-refractivity contribution is -0.119. The summed E-state index contributed by atoms with van der Waals surface area (Å²) in [5, 5.41) is 12.2. The summed E-state index contributed by atoms with van der Waals surface area (Å²) in [5.74, 6) is 7.44. The number of halogens is 1. The Morgan fingerprint density at radius 3 is 2.69 bits per heavy atom. The Hall–Kier alpha value is -1.73. The van der Waals surface area contributed by atoms with Crippen molar-refractivity contribution in [3.05, 3.63) is 29.3 Å². The molecule has 0 saturated heterocycles. The molecule has 1 aromatic heterocycles. The molecule has 0 aliphatic carbocycles. The van der Waals surface area contributed by atoms with Crippen LogP contribution in [0.1, 0.15) is 40.0 Å². The van der Waals surface area contributed by atoms with E-state index in [0.29, 0.717) is 27.5 Å². The largest absolute Gasteiger partial charge is 0.353 e. The van der Waals surface area contributed by atoms with E-state index < -0.39 is 0 Å². The highest BCUT2D eigenvalue weighted by atomic mass is 35.5. The zero-order valence-electron chi connectivity index (χ0n) is 15.4. The van der Waals surface area contributed by atoms with Crippen molar-refractivity contribution >= 4 is 29.3 Å². The fourth-order valence-electron chi connectivity index (χ4n) is 2.55. The van der Waals surface area contributed by atoms with E-state index in [0.717, 1.165) is 12.8 Å². The summed E-state index contributed by atoms with van der Waals surface area (Å²) in [6.07, 6.45) is 3.28. The Labute approximate surface area is 163 Å². The van der Waals surface area contributed by atoms with Crippen LogP contribution in [0, 0.1) is 5.92 Å². The predicted molar refractivity (Wildman–Crippen MR) is 108 cm³/mol. The maximum atomic E-state index is 12.1. The van der Waals surface area contributed by atoms with Crippen molar-refractivity contribution in [1.29, 1.82) is 0 Å². The normalized spacial score (nSPS) is 12.3. The van der Waals surface area contributed by atoms with Crippen LogP contribution in [0.5, 0.6) is 0 Å². The minimum atomic E-state index is -0.0330. The Bertz CT molecular complexity index is 734. The zero-order chi connectivity index (χ0) is 19.1. The number of nitrogens with zero attached hydrogens (tertiary/aromatic N) is 3. The van der Waals surface area contributed by atoms with Crippen LogP contribution in [0.4, 0.5) is 0 Å². The second kappa shape index (κ2) is 9.83. The maximum Gasteiger partial charge on any atom is 0.230 e. The van der Waals surface area contributed by atoms with E-state index in [4.69, 9.17) is 17.4 Å². The molecule has 142 valence electrons. The zero-order valence-corrected chi connectivity index (χ0v) is 17.0. The Kier molecular flexibility index (Phi) is 7.78. The summed E-state index contributed by atoms with van der Waals surface area (Å²) in [6, 6.07) is 7.46. The number of hydrogen-bond donors (Lipinski definition) is 2. The fraction of sp³-hybridized carbons (Fsp3) is 0.500. The standard InChI is InChI=1S/C18H26ClN5OS/c1-12(2)7-6-8-13(3)21-16(25)11-26-18-23-22-17(24(18)20)14-9-4-5-10-15(14)19/h4-5,9-10,12-13H,6-8,11,20H2,1-3H3,(H,21,25)/t13-/m1/s1. The third-order valence-electron chi connectivity index (χ3n) is 3.94. The average molecular weight is 396 g/mol. The van der Waals surface area contributed by atoms with E-state index >= 15 is 0 Å². The van der Waals surface area contributed by atoms with Gasteiger partial charge in [0, 0.05) is 11.6 Å². The molecule has 0 spiro atoms. The quantitative estimate of drug-likeness (QED) is 0.499. The van der Waals surface area contributed by atoms with Crippen LogP contribution < -0.4 is 11.2 Å². The lowest BCUT2D eigenvalue weighted by Crippen LogP contribution is -2.34. The van der Waals surface area contributed by atoms with E-state index in [9.17, 15) is 4.79 Å². The number of nitrogens with two attached hydrogens (primary N) is 1. The molecule has 0 fully saturated rings. The molecular formula is C18H26ClN5OS. The van der Waals surface area contributed by atoms with Crippen LogP contribution in [0.2, 0.25) is 5.02 Å². The number of thioether (sulfide) groups is 1. The molecule has 8 heteroatoms. The molecule has 0 bridgehead atoms. The van der Waals surface area contributed by atoms with Crippen molar-refractivity contribution < 1.29 is 4.79 Å². The van der Waals surface area contributed by atoms with E-state index in [-0.39, 0.29) is 17.7 Å². The van der Waals surface area contributed by atoms with E-state index in [1.54, 1.807) is 6.07 Å². The summed E-state index contributed by atoms with van der Waals surface area (Å²) in [5.41, 5.74) is 0.708. The fourth-order valence-corrected chi connectivity index (χ4v) is 3.44. The minimum Gasteiger partial charge on any atom is -0.353 e. The molecule has 1 amide bonds. The Morgan fingerprint density at radius 2 is 2.00 bits per heavy atom. The van der Waals surface area contributed by atoms with Crippen LogP contribution in [0.15, 0.2) is 29.4 Å². The van der Waals surface area contributed by atoms with Gasteiger partial charge in [-0.25, -0.2) is 4.68 Å². The molecule has 0 aliphatic heterocycles. The SMILES string of the molecule is CC(C)CCC[C@@H](C)NC(=O)CSc1nnc(-c2ccccc2Cl)n1N. The first-order valence-corrected chi connectivity index (χ1v) is 10.1. The number of benzene rings is 1. The van der Waals surface area contributed by atoms with Gasteiger partial charge in [-0.15, -0.1) is 10.2 Å². The molecule has 26 heavy (non-hydrogen) atoms. The first-order chi connectivity index (χ1) is 12.4. The lowest BCUT2D eigenvalue weighted by atomic mass is 10.0. The van der Waals surface area contributed by atoms with Gasteiger partial charge in [0.1, 0.15) is 0 Å². The lowest BCUT2D eigenvalue weighted by Gasteiger charge is -2.14. The van der Waals surface area contributed by atoms with Gasteiger partial charge in [-0.3, -0.25) is 4.79 Å².